The standard InChI is InChI=1S/C22H21FN4O/c1-15(25-22(28)16-6-8-17(23)9-7-16)19-10-11-21-20(26-19)5-3-13-27(21)18-4-2-12-24-14-18/h2,4,6-12,14-15H,3,5,13H2,1H3,(H,25,28). The quantitative estimate of drug-likeness (QED) is 0.742. The van der Waals surface area contributed by atoms with Gasteiger partial charge in [0.15, 0.2) is 0 Å². The maximum absolute atomic E-state index is 13.0. The highest BCUT2D eigenvalue weighted by atomic mass is 19.1. The summed E-state index contributed by atoms with van der Waals surface area (Å²) < 4.78 is 13.0. The average Bonchev–Trinajstić information content (AvgIpc) is 2.74. The number of carbonyl (C=O) groups excluding carboxylic acids is 1. The minimum absolute atomic E-state index is 0.246. The lowest BCUT2D eigenvalue weighted by Crippen LogP contribution is -2.29. The van der Waals surface area contributed by atoms with Crippen molar-refractivity contribution in [2.45, 2.75) is 25.8 Å². The van der Waals surface area contributed by atoms with Crippen molar-refractivity contribution in [1.82, 2.24) is 15.3 Å². The van der Waals surface area contributed by atoms with Gasteiger partial charge in [-0.3, -0.25) is 14.8 Å². The molecule has 1 unspecified atom stereocenters. The Morgan fingerprint density at radius 1 is 1.18 bits per heavy atom. The molecular weight excluding hydrogens is 355 g/mol. The summed E-state index contributed by atoms with van der Waals surface area (Å²) in [5.74, 6) is -0.608. The molecule has 1 aliphatic rings. The van der Waals surface area contributed by atoms with E-state index in [9.17, 15) is 9.18 Å². The number of benzene rings is 1. The number of fused-ring (bicyclic) bond motifs is 1. The van der Waals surface area contributed by atoms with Crippen LogP contribution in [0.15, 0.2) is 60.9 Å². The van der Waals surface area contributed by atoms with E-state index >= 15 is 0 Å². The predicted molar refractivity (Wildman–Crippen MR) is 106 cm³/mol. The molecule has 1 N–H and O–H groups in total. The highest BCUT2D eigenvalue weighted by Gasteiger charge is 2.21. The number of carbonyl (C=O) groups is 1. The molecule has 1 aliphatic heterocycles. The van der Waals surface area contributed by atoms with Gasteiger partial charge in [0.2, 0.25) is 0 Å². The van der Waals surface area contributed by atoms with Crippen LogP contribution in [0.2, 0.25) is 0 Å². The number of pyridine rings is 2. The molecule has 1 atom stereocenters. The molecule has 1 amide bonds. The van der Waals surface area contributed by atoms with Crippen LogP contribution in [0.4, 0.5) is 15.8 Å². The van der Waals surface area contributed by atoms with E-state index in [0.29, 0.717) is 5.56 Å². The number of halogens is 1. The third kappa shape index (κ3) is 3.71. The van der Waals surface area contributed by atoms with Crippen molar-refractivity contribution >= 4 is 17.3 Å². The Morgan fingerprint density at radius 3 is 2.75 bits per heavy atom. The van der Waals surface area contributed by atoms with E-state index in [4.69, 9.17) is 4.98 Å². The number of nitrogens with one attached hydrogen (secondary N) is 1. The molecule has 0 radical (unpaired) electrons. The topological polar surface area (TPSA) is 58.1 Å². The zero-order valence-electron chi connectivity index (χ0n) is 15.6. The summed E-state index contributed by atoms with van der Waals surface area (Å²) >= 11 is 0. The monoisotopic (exact) mass is 376 g/mol. The van der Waals surface area contributed by atoms with Crippen LogP contribution in [0.5, 0.6) is 0 Å². The summed E-state index contributed by atoms with van der Waals surface area (Å²) in [5, 5.41) is 2.93. The van der Waals surface area contributed by atoms with Gasteiger partial charge >= 0.3 is 0 Å². The molecule has 4 rings (SSSR count). The molecule has 2 aromatic heterocycles. The first-order valence-electron chi connectivity index (χ1n) is 9.35. The zero-order chi connectivity index (χ0) is 19.5. The lowest BCUT2D eigenvalue weighted by atomic mass is 10.0. The van der Waals surface area contributed by atoms with Crippen LogP contribution in [0.1, 0.15) is 41.1 Å². The minimum atomic E-state index is -0.362. The molecule has 3 heterocycles. The van der Waals surface area contributed by atoms with E-state index in [1.807, 2.05) is 31.3 Å². The Labute approximate surface area is 163 Å². The molecule has 0 aliphatic carbocycles. The molecule has 1 aromatic carbocycles. The molecule has 0 fully saturated rings. The zero-order valence-corrected chi connectivity index (χ0v) is 15.6. The normalized spacial score (nSPS) is 14.3. The molecule has 0 saturated carbocycles. The lowest BCUT2D eigenvalue weighted by molar-refractivity contribution is 0.0939. The van der Waals surface area contributed by atoms with Gasteiger partial charge in [-0.1, -0.05) is 0 Å². The van der Waals surface area contributed by atoms with Crippen molar-refractivity contribution in [3.63, 3.8) is 0 Å². The van der Waals surface area contributed by atoms with Crippen molar-refractivity contribution in [1.29, 1.82) is 0 Å². The van der Waals surface area contributed by atoms with E-state index in [0.717, 1.165) is 42.1 Å². The van der Waals surface area contributed by atoms with Gasteiger partial charge in [0, 0.05) is 18.3 Å². The molecule has 142 valence electrons. The highest BCUT2D eigenvalue weighted by molar-refractivity contribution is 5.94. The maximum Gasteiger partial charge on any atom is 0.251 e. The van der Waals surface area contributed by atoms with E-state index in [1.54, 1.807) is 6.20 Å². The van der Waals surface area contributed by atoms with Crippen LogP contribution in [0.3, 0.4) is 0 Å². The van der Waals surface area contributed by atoms with E-state index in [-0.39, 0.29) is 17.8 Å². The van der Waals surface area contributed by atoms with Crippen LogP contribution in [0.25, 0.3) is 0 Å². The number of aromatic nitrogens is 2. The molecular formula is C22H21FN4O. The predicted octanol–water partition coefficient (Wildman–Crippen LogP) is 4.19. The molecule has 28 heavy (non-hydrogen) atoms. The first-order valence-corrected chi connectivity index (χ1v) is 9.35. The minimum Gasteiger partial charge on any atom is -0.344 e. The molecule has 6 heteroatoms. The van der Waals surface area contributed by atoms with Crippen molar-refractivity contribution in [2.24, 2.45) is 0 Å². The summed E-state index contributed by atoms with van der Waals surface area (Å²) in [6.07, 6.45) is 5.53. The van der Waals surface area contributed by atoms with Gasteiger partial charge in [-0.15, -0.1) is 0 Å². The molecule has 0 saturated heterocycles. The smallest absolute Gasteiger partial charge is 0.251 e. The maximum atomic E-state index is 13.0. The van der Waals surface area contributed by atoms with Gasteiger partial charge in [0.25, 0.3) is 5.91 Å². The number of hydrogen-bond donors (Lipinski definition) is 1. The van der Waals surface area contributed by atoms with Crippen LogP contribution in [0, 0.1) is 5.82 Å². The Morgan fingerprint density at radius 2 is 2.00 bits per heavy atom. The summed E-state index contributed by atoms with van der Waals surface area (Å²) in [5.41, 5.74) is 4.39. The molecule has 0 bridgehead atoms. The van der Waals surface area contributed by atoms with Crippen LogP contribution in [-0.2, 0) is 6.42 Å². The summed E-state index contributed by atoms with van der Waals surface area (Å²) in [7, 11) is 0. The van der Waals surface area contributed by atoms with Gasteiger partial charge in [0.1, 0.15) is 5.82 Å². The first-order chi connectivity index (χ1) is 13.6. The average molecular weight is 376 g/mol. The number of anilines is 2. The molecule has 5 nitrogen and oxygen atoms in total. The number of nitrogens with zero attached hydrogens (tertiary/aromatic N) is 3. The number of rotatable bonds is 4. The number of hydrogen-bond acceptors (Lipinski definition) is 4. The Balaban J connectivity index is 1.53. The van der Waals surface area contributed by atoms with Gasteiger partial charge in [-0.2, -0.15) is 0 Å². The molecule has 3 aromatic rings. The van der Waals surface area contributed by atoms with Crippen LogP contribution in [-0.4, -0.2) is 22.4 Å². The lowest BCUT2D eigenvalue weighted by Gasteiger charge is -2.31. The van der Waals surface area contributed by atoms with E-state index < -0.39 is 0 Å². The van der Waals surface area contributed by atoms with E-state index in [1.165, 1.54) is 24.3 Å². The Bertz CT molecular complexity index is 976. The van der Waals surface area contributed by atoms with Crippen molar-refractivity contribution in [3.8, 4) is 0 Å². The van der Waals surface area contributed by atoms with Gasteiger partial charge < -0.3 is 10.2 Å². The second-order valence-corrected chi connectivity index (χ2v) is 6.87. The van der Waals surface area contributed by atoms with Crippen molar-refractivity contribution in [3.05, 3.63) is 83.7 Å². The van der Waals surface area contributed by atoms with Gasteiger partial charge in [-0.05, 0) is 68.3 Å². The van der Waals surface area contributed by atoms with Gasteiger partial charge in [0.05, 0.1) is 35.0 Å². The first kappa shape index (κ1) is 18.1. The SMILES string of the molecule is CC(NC(=O)c1ccc(F)cc1)c1ccc2c(n1)CCCN2c1cccnc1. The summed E-state index contributed by atoms with van der Waals surface area (Å²) in [6.45, 7) is 2.83. The molecule has 0 spiro atoms. The second kappa shape index (κ2) is 7.76. The highest BCUT2D eigenvalue weighted by Crippen LogP contribution is 2.32. The second-order valence-electron chi connectivity index (χ2n) is 6.87. The fraction of sp³-hybridized carbons (Fsp3) is 0.227. The number of amides is 1. The Hall–Kier alpha value is -3.28. The summed E-state index contributed by atoms with van der Waals surface area (Å²) in [4.78, 5) is 23.6. The third-order valence-corrected chi connectivity index (χ3v) is 4.91. The van der Waals surface area contributed by atoms with E-state index in [2.05, 4.69) is 21.3 Å². The fourth-order valence-corrected chi connectivity index (χ4v) is 3.44. The third-order valence-electron chi connectivity index (χ3n) is 4.91. The van der Waals surface area contributed by atoms with Gasteiger partial charge in [-0.25, -0.2) is 4.39 Å². The number of aryl methyl sites for hydroxylation is 1. The van der Waals surface area contributed by atoms with Crippen molar-refractivity contribution < 1.29 is 9.18 Å². The largest absolute Gasteiger partial charge is 0.344 e. The Kier molecular flexibility index (Phi) is 5.02. The van der Waals surface area contributed by atoms with Crippen LogP contribution >= 0.6 is 0 Å². The van der Waals surface area contributed by atoms with Crippen molar-refractivity contribution in [2.75, 3.05) is 11.4 Å². The fourth-order valence-electron chi connectivity index (χ4n) is 3.44. The van der Waals surface area contributed by atoms with Crippen LogP contribution < -0.4 is 10.2 Å². The summed E-state index contributed by atoms with van der Waals surface area (Å²) in [6, 6.07) is 13.2.